The Labute approximate surface area is 108 Å². The van der Waals surface area contributed by atoms with Crippen molar-refractivity contribution in [1.82, 2.24) is 5.32 Å². The molecule has 2 rings (SSSR count). The summed E-state index contributed by atoms with van der Waals surface area (Å²) >= 11 is 0. The highest BCUT2D eigenvalue weighted by Crippen LogP contribution is 2.39. The molecule has 0 aromatic carbocycles. The van der Waals surface area contributed by atoms with Crippen molar-refractivity contribution in [2.75, 3.05) is 6.54 Å². The fraction of sp³-hybridized carbons (Fsp3) is 1.00. The third-order valence-electron chi connectivity index (χ3n) is 5.20. The lowest BCUT2D eigenvalue weighted by Gasteiger charge is -2.37. The lowest BCUT2D eigenvalue weighted by atomic mass is 9.72. The molecule has 0 aromatic rings. The third-order valence-corrected chi connectivity index (χ3v) is 5.20. The molecule has 0 spiro atoms. The van der Waals surface area contributed by atoms with Crippen molar-refractivity contribution in [1.29, 1.82) is 0 Å². The minimum atomic E-state index is 0.834. The first-order valence-corrected chi connectivity index (χ1v) is 8.04. The molecule has 1 nitrogen and oxygen atoms in total. The van der Waals surface area contributed by atoms with Gasteiger partial charge in [-0.2, -0.15) is 0 Å². The molecule has 2 aliphatic carbocycles. The molecule has 2 atom stereocenters. The van der Waals surface area contributed by atoms with Crippen molar-refractivity contribution >= 4 is 0 Å². The van der Waals surface area contributed by atoms with Gasteiger partial charge < -0.3 is 5.32 Å². The summed E-state index contributed by atoms with van der Waals surface area (Å²) in [4.78, 5) is 0. The van der Waals surface area contributed by atoms with Crippen LogP contribution in [-0.2, 0) is 0 Å². The van der Waals surface area contributed by atoms with E-state index in [1.807, 2.05) is 0 Å². The van der Waals surface area contributed by atoms with Gasteiger partial charge in [0.25, 0.3) is 0 Å². The summed E-state index contributed by atoms with van der Waals surface area (Å²) in [6, 6.07) is 0.834. The van der Waals surface area contributed by atoms with Crippen LogP contribution >= 0.6 is 0 Å². The second kappa shape index (κ2) is 6.78. The average Bonchev–Trinajstić information content (AvgIpc) is 2.56. The molecule has 100 valence electrons. The van der Waals surface area contributed by atoms with Gasteiger partial charge in [0.05, 0.1) is 0 Å². The van der Waals surface area contributed by atoms with Crippen LogP contribution in [0.2, 0.25) is 0 Å². The SMILES string of the molecule is CCNC1CCCCCC1C1CCC(C)CC1. The molecule has 2 aliphatic rings. The lowest BCUT2D eigenvalue weighted by Crippen LogP contribution is -2.40. The largest absolute Gasteiger partial charge is 0.314 e. The highest BCUT2D eigenvalue weighted by atomic mass is 14.9. The van der Waals surface area contributed by atoms with Crippen LogP contribution in [-0.4, -0.2) is 12.6 Å². The van der Waals surface area contributed by atoms with Gasteiger partial charge in [0.1, 0.15) is 0 Å². The van der Waals surface area contributed by atoms with Crippen LogP contribution in [0.4, 0.5) is 0 Å². The molecule has 0 amide bonds. The van der Waals surface area contributed by atoms with E-state index in [2.05, 4.69) is 19.2 Å². The minimum Gasteiger partial charge on any atom is -0.314 e. The Balaban J connectivity index is 1.93. The van der Waals surface area contributed by atoms with Crippen molar-refractivity contribution < 1.29 is 0 Å². The number of rotatable bonds is 3. The lowest BCUT2D eigenvalue weighted by molar-refractivity contribution is 0.165. The number of hydrogen-bond acceptors (Lipinski definition) is 1. The summed E-state index contributed by atoms with van der Waals surface area (Å²) in [7, 11) is 0. The standard InChI is InChI=1S/C16H31N/c1-3-17-16-8-6-4-5-7-15(16)14-11-9-13(2)10-12-14/h13-17H,3-12H2,1-2H3. The van der Waals surface area contributed by atoms with Crippen LogP contribution < -0.4 is 5.32 Å². The van der Waals surface area contributed by atoms with Gasteiger partial charge in [-0.15, -0.1) is 0 Å². The van der Waals surface area contributed by atoms with E-state index >= 15 is 0 Å². The topological polar surface area (TPSA) is 12.0 Å². The van der Waals surface area contributed by atoms with E-state index in [1.54, 1.807) is 0 Å². The Hall–Kier alpha value is -0.0400. The van der Waals surface area contributed by atoms with Crippen molar-refractivity contribution in [3.05, 3.63) is 0 Å². The van der Waals surface area contributed by atoms with Crippen LogP contribution in [0.1, 0.15) is 71.6 Å². The first-order valence-electron chi connectivity index (χ1n) is 8.04. The molecular weight excluding hydrogens is 206 g/mol. The van der Waals surface area contributed by atoms with Crippen molar-refractivity contribution in [3.8, 4) is 0 Å². The maximum Gasteiger partial charge on any atom is 0.00978 e. The zero-order chi connectivity index (χ0) is 12.1. The molecule has 0 saturated heterocycles. The van der Waals surface area contributed by atoms with Gasteiger partial charge in [0.2, 0.25) is 0 Å². The molecular formula is C16H31N. The van der Waals surface area contributed by atoms with E-state index in [4.69, 9.17) is 0 Å². The Kier molecular flexibility index (Phi) is 5.34. The first-order chi connectivity index (χ1) is 8.31. The molecule has 2 saturated carbocycles. The first kappa shape index (κ1) is 13.4. The molecule has 1 N–H and O–H groups in total. The summed E-state index contributed by atoms with van der Waals surface area (Å²) in [6.45, 7) is 5.86. The predicted molar refractivity (Wildman–Crippen MR) is 75.2 cm³/mol. The van der Waals surface area contributed by atoms with Gasteiger partial charge in [0, 0.05) is 6.04 Å². The van der Waals surface area contributed by atoms with Crippen LogP contribution in [0.15, 0.2) is 0 Å². The normalized spacial score (nSPS) is 39.9. The number of hydrogen-bond donors (Lipinski definition) is 1. The summed E-state index contributed by atoms with van der Waals surface area (Å²) in [6.07, 6.45) is 13.3. The van der Waals surface area contributed by atoms with Crippen molar-refractivity contribution in [3.63, 3.8) is 0 Å². The maximum absolute atomic E-state index is 3.78. The monoisotopic (exact) mass is 237 g/mol. The second-order valence-corrected chi connectivity index (χ2v) is 6.49. The molecule has 0 bridgehead atoms. The highest BCUT2D eigenvalue weighted by molar-refractivity contribution is 4.86. The summed E-state index contributed by atoms with van der Waals surface area (Å²) in [5.41, 5.74) is 0. The summed E-state index contributed by atoms with van der Waals surface area (Å²) < 4.78 is 0. The van der Waals surface area contributed by atoms with Gasteiger partial charge in [0.15, 0.2) is 0 Å². The molecule has 2 unspecified atom stereocenters. The average molecular weight is 237 g/mol. The summed E-state index contributed by atoms with van der Waals surface area (Å²) in [5.74, 6) is 3.02. The van der Waals surface area contributed by atoms with Crippen molar-refractivity contribution in [2.24, 2.45) is 17.8 Å². The molecule has 0 aliphatic heterocycles. The van der Waals surface area contributed by atoms with Gasteiger partial charge in [-0.3, -0.25) is 0 Å². The van der Waals surface area contributed by atoms with E-state index in [1.165, 1.54) is 57.8 Å². The minimum absolute atomic E-state index is 0.834. The van der Waals surface area contributed by atoms with Crippen LogP contribution in [0, 0.1) is 17.8 Å². The van der Waals surface area contributed by atoms with E-state index in [9.17, 15) is 0 Å². The van der Waals surface area contributed by atoms with Crippen LogP contribution in [0.5, 0.6) is 0 Å². The van der Waals surface area contributed by atoms with E-state index in [0.717, 1.165) is 30.3 Å². The molecule has 2 fully saturated rings. The molecule has 1 heteroatoms. The smallest absolute Gasteiger partial charge is 0.00978 e. The summed E-state index contributed by atoms with van der Waals surface area (Å²) in [5, 5.41) is 3.78. The van der Waals surface area contributed by atoms with Gasteiger partial charge in [-0.05, 0) is 50.0 Å². The zero-order valence-corrected chi connectivity index (χ0v) is 11.9. The fourth-order valence-corrected chi connectivity index (χ4v) is 4.13. The third kappa shape index (κ3) is 3.71. The predicted octanol–water partition coefficient (Wildman–Crippen LogP) is 4.37. The molecule has 0 radical (unpaired) electrons. The maximum atomic E-state index is 3.78. The fourth-order valence-electron chi connectivity index (χ4n) is 4.13. The van der Waals surface area contributed by atoms with Crippen LogP contribution in [0.25, 0.3) is 0 Å². The Morgan fingerprint density at radius 1 is 0.882 bits per heavy atom. The van der Waals surface area contributed by atoms with Crippen LogP contribution in [0.3, 0.4) is 0 Å². The number of nitrogens with one attached hydrogen (secondary N) is 1. The van der Waals surface area contributed by atoms with Gasteiger partial charge in [-0.25, -0.2) is 0 Å². The van der Waals surface area contributed by atoms with Gasteiger partial charge in [-0.1, -0.05) is 46.0 Å². The second-order valence-electron chi connectivity index (χ2n) is 6.49. The van der Waals surface area contributed by atoms with E-state index in [0.29, 0.717) is 0 Å². The quantitative estimate of drug-likeness (QED) is 0.719. The molecule has 17 heavy (non-hydrogen) atoms. The Bertz CT molecular complexity index is 206. The molecule has 0 heterocycles. The van der Waals surface area contributed by atoms with Gasteiger partial charge >= 0.3 is 0 Å². The Morgan fingerprint density at radius 2 is 1.59 bits per heavy atom. The zero-order valence-electron chi connectivity index (χ0n) is 11.9. The molecule has 0 aromatic heterocycles. The Morgan fingerprint density at radius 3 is 2.29 bits per heavy atom. The van der Waals surface area contributed by atoms with Crippen molar-refractivity contribution in [2.45, 2.75) is 77.7 Å². The van der Waals surface area contributed by atoms with E-state index in [-0.39, 0.29) is 0 Å². The highest BCUT2D eigenvalue weighted by Gasteiger charge is 2.32. The van der Waals surface area contributed by atoms with E-state index < -0.39 is 0 Å².